The van der Waals surface area contributed by atoms with Crippen LogP contribution in [0.25, 0.3) is 0 Å². The standard InChI is InChI=1S/C13H16BrClN2O/c14-10-3-4-11(16-7-10)12(18)17-9-13(8-15)5-1-2-6-13/h3-4,7H,1-2,5-6,8-9H2,(H,17,18). The molecular formula is C13H16BrClN2O. The van der Waals surface area contributed by atoms with Crippen molar-refractivity contribution in [2.45, 2.75) is 25.7 Å². The van der Waals surface area contributed by atoms with Gasteiger partial charge < -0.3 is 5.32 Å². The summed E-state index contributed by atoms with van der Waals surface area (Å²) in [6, 6.07) is 3.52. The number of carbonyl (C=O) groups is 1. The van der Waals surface area contributed by atoms with E-state index in [0.29, 0.717) is 18.1 Å². The molecular weight excluding hydrogens is 316 g/mol. The fraction of sp³-hybridized carbons (Fsp3) is 0.538. The lowest BCUT2D eigenvalue weighted by molar-refractivity contribution is 0.0930. The van der Waals surface area contributed by atoms with Crippen molar-refractivity contribution in [3.63, 3.8) is 0 Å². The first kappa shape index (κ1) is 13.8. The number of pyridine rings is 1. The molecule has 0 spiro atoms. The molecule has 1 amide bonds. The number of hydrogen-bond donors (Lipinski definition) is 1. The third-order valence-electron chi connectivity index (χ3n) is 3.53. The minimum atomic E-state index is -0.126. The Bertz CT molecular complexity index is 416. The second-order valence-corrected chi connectivity index (χ2v) is 6.07. The maximum atomic E-state index is 11.9. The lowest BCUT2D eigenvalue weighted by Gasteiger charge is -2.26. The summed E-state index contributed by atoms with van der Waals surface area (Å²) >= 11 is 9.34. The highest BCUT2D eigenvalue weighted by atomic mass is 79.9. The molecule has 0 atom stereocenters. The van der Waals surface area contributed by atoms with Crippen molar-refractivity contribution in [3.05, 3.63) is 28.5 Å². The molecule has 0 aliphatic heterocycles. The third-order valence-corrected chi connectivity index (χ3v) is 4.57. The van der Waals surface area contributed by atoms with E-state index in [4.69, 9.17) is 11.6 Å². The van der Waals surface area contributed by atoms with Gasteiger partial charge in [0, 0.05) is 28.5 Å². The van der Waals surface area contributed by atoms with Crippen LogP contribution in [0.15, 0.2) is 22.8 Å². The van der Waals surface area contributed by atoms with Gasteiger partial charge in [-0.25, -0.2) is 4.98 Å². The van der Waals surface area contributed by atoms with Gasteiger partial charge in [0.2, 0.25) is 0 Å². The SMILES string of the molecule is O=C(NCC1(CCl)CCCC1)c1ccc(Br)cn1. The highest BCUT2D eigenvalue weighted by molar-refractivity contribution is 9.10. The van der Waals surface area contributed by atoms with Crippen molar-refractivity contribution >= 4 is 33.4 Å². The Hall–Kier alpha value is -0.610. The van der Waals surface area contributed by atoms with Gasteiger partial charge in [0.25, 0.3) is 5.91 Å². The maximum absolute atomic E-state index is 11.9. The molecule has 1 heterocycles. The molecule has 5 heteroatoms. The predicted octanol–water partition coefficient (Wildman–Crippen LogP) is 3.37. The molecule has 2 rings (SSSR count). The molecule has 1 aliphatic carbocycles. The van der Waals surface area contributed by atoms with Crippen molar-refractivity contribution in [3.8, 4) is 0 Å². The monoisotopic (exact) mass is 330 g/mol. The van der Waals surface area contributed by atoms with Crippen LogP contribution in [-0.2, 0) is 0 Å². The van der Waals surface area contributed by atoms with E-state index in [0.717, 1.165) is 17.3 Å². The fourth-order valence-electron chi connectivity index (χ4n) is 2.35. The van der Waals surface area contributed by atoms with E-state index in [9.17, 15) is 4.79 Å². The number of nitrogens with one attached hydrogen (secondary N) is 1. The summed E-state index contributed by atoms with van der Waals surface area (Å²) in [5.41, 5.74) is 0.535. The van der Waals surface area contributed by atoms with Crippen LogP contribution in [0.3, 0.4) is 0 Å². The smallest absolute Gasteiger partial charge is 0.269 e. The minimum Gasteiger partial charge on any atom is -0.350 e. The van der Waals surface area contributed by atoms with E-state index in [1.807, 2.05) is 6.07 Å². The molecule has 1 aromatic rings. The Morgan fingerprint density at radius 2 is 2.17 bits per heavy atom. The Labute approximate surface area is 120 Å². The molecule has 0 aromatic carbocycles. The molecule has 0 saturated heterocycles. The van der Waals surface area contributed by atoms with Gasteiger partial charge in [0.15, 0.2) is 0 Å². The molecule has 1 fully saturated rings. The first-order chi connectivity index (χ1) is 8.65. The minimum absolute atomic E-state index is 0.0899. The van der Waals surface area contributed by atoms with Crippen LogP contribution in [0.4, 0.5) is 0 Å². The van der Waals surface area contributed by atoms with E-state index in [1.165, 1.54) is 12.8 Å². The van der Waals surface area contributed by atoms with Gasteiger partial charge in [-0.15, -0.1) is 11.6 Å². The van der Waals surface area contributed by atoms with E-state index in [-0.39, 0.29) is 11.3 Å². The Morgan fingerprint density at radius 1 is 1.44 bits per heavy atom. The average molecular weight is 332 g/mol. The number of hydrogen-bond acceptors (Lipinski definition) is 2. The molecule has 0 radical (unpaired) electrons. The van der Waals surface area contributed by atoms with Crippen LogP contribution in [0.5, 0.6) is 0 Å². The topological polar surface area (TPSA) is 42.0 Å². The summed E-state index contributed by atoms with van der Waals surface area (Å²) < 4.78 is 0.868. The van der Waals surface area contributed by atoms with Gasteiger partial charge in [-0.1, -0.05) is 12.8 Å². The molecule has 1 aromatic heterocycles. The lowest BCUT2D eigenvalue weighted by atomic mass is 9.88. The molecule has 98 valence electrons. The quantitative estimate of drug-likeness (QED) is 0.860. The van der Waals surface area contributed by atoms with Gasteiger partial charge >= 0.3 is 0 Å². The second-order valence-electron chi connectivity index (χ2n) is 4.89. The highest BCUT2D eigenvalue weighted by Crippen LogP contribution is 2.38. The Kier molecular flexibility index (Phi) is 4.62. The number of carbonyl (C=O) groups excluding carboxylic acids is 1. The van der Waals surface area contributed by atoms with Crippen LogP contribution in [0.2, 0.25) is 0 Å². The second kappa shape index (κ2) is 6.02. The zero-order valence-corrected chi connectivity index (χ0v) is 12.4. The molecule has 3 nitrogen and oxygen atoms in total. The summed E-state index contributed by atoms with van der Waals surface area (Å²) in [5, 5.41) is 2.95. The van der Waals surface area contributed by atoms with Crippen LogP contribution in [0.1, 0.15) is 36.2 Å². The van der Waals surface area contributed by atoms with Gasteiger partial charge in [-0.05, 0) is 40.9 Å². The molecule has 1 N–H and O–H groups in total. The van der Waals surface area contributed by atoms with Crippen molar-refractivity contribution in [1.82, 2.24) is 10.3 Å². The zero-order chi connectivity index (χ0) is 13.0. The lowest BCUT2D eigenvalue weighted by Crippen LogP contribution is -2.37. The molecule has 0 unspecified atom stereocenters. The number of nitrogens with zero attached hydrogens (tertiary/aromatic N) is 1. The third kappa shape index (κ3) is 3.23. The normalized spacial score (nSPS) is 17.7. The first-order valence-electron chi connectivity index (χ1n) is 6.11. The Morgan fingerprint density at radius 3 is 2.72 bits per heavy atom. The van der Waals surface area contributed by atoms with E-state index in [2.05, 4.69) is 26.2 Å². The van der Waals surface area contributed by atoms with E-state index < -0.39 is 0 Å². The number of halogens is 2. The summed E-state index contributed by atoms with van der Waals surface area (Å²) in [4.78, 5) is 16.0. The van der Waals surface area contributed by atoms with E-state index >= 15 is 0 Å². The van der Waals surface area contributed by atoms with Gasteiger partial charge in [-0.3, -0.25) is 4.79 Å². The molecule has 0 bridgehead atoms. The summed E-state index contributed by atoms with van der Waals surface area (Å²) in [7, 11) is 0. The number of alkyl halides is 1. The molecule has 1 aliphatic rings. The first-order valence-corrected chi connectivity index (χ1v) is 7.44. The van der Waals surface area contributed by atoms with Crippen LogP contribution < -0.4 is 5.32 Å². The van der Waals surface area contributed by atoms with Crippen LogP contribution in [-0.4, -0.2) is 23.3 Å². The van der Waals surface area contributed by atoms with Gasteiger partial charge in [0.1, 0.15) is 5.69 Å². The van der Waals surface area contributed by atoms with Crippen molar-refractivity contribution in [1.29, 1.82) is 0 Å². The van der Waals surface area contributed by atoms with E-state index in [1.54, 1.807) is 12.3 Å². The average Bonchev–Trinajstić information content (AvgIpc) is 2.86. The molecule has 1 saturated carbocycles. The van der Waals surface area contributed by atoms with Crippen molar-refractivity contribution in [2.24, 2.45) is 5.41 Å². The summed E-state index contributed by atoms with van der Waals surface area (Å²) in [6.45, 7) is 0.646. The zero-order valence-electron chi connectivity index (χ0n) is 10.1. The Balaban J connectivity index is 1.93. The van der Waals surface area contributed by atoms with Gasteiger partial charge in [-0.2, -0.15) is 0 Å². The highest BCUT2D eigenvalue weighted by Gasteiger charge is 2.33. The predicted molar refractivity (Wildman–Crippen MR) is 75.9 cm³/mol. The summed E-state index contributed by atoms with van der Waals surface area (Å²) in [5.74, 6) is 0.486. The maximum Gasteiger partial charge on any atom is 0.269 e. The summed E-state index contributed by atoms with van der Waals surface area (Å²) in [6.07, 6.45) is 6.25. The van der Waals surface area contributed by atoms with Crippen molar-refractivity contribution < 1.29 is 4.79 Å². The largest absolute Gasteiger partial charge is 0.350 e. The number of amides is 1. The number of rotatable bonds is 4. The molecule has 18 heavy (non-hydrogen) atoms. The van der Waals surface area contributed by atoms with Crippen LogP contribution in [0, 0.1) is 5.41 Å². The van der Waals surface area contributed by atoms with Crippen molar-refractivity contribution in [2.75, 3.05) is 12.4 Å². The fourth-order valence-corrected chi connectivity index (χ4v) is 2.95. The van der Waals surface area contributed by atoms with Crippen LogP contribution >= 0.6 is 27.5 Å². The number of aromatic nitrogens is 1. The van der Waals surface area contributed by atoms with Gasteiger partial charge in [0.05, 0.1) is 0 Å².